The Kier molecular flexibility index (Phi) is 8.35. The molecule has 0 bridgehead atoms. The third-order valence-electron chi connectivity index (χ3n) is 6.47. The molecule has 1 aliphatic heterocycles. The third-order valence-corrected chi connectivity index (χ3v) is 6.47. The van der Waals surface area contributed by atoms with E-state index in [4.69, 9.17) is 5.73 Å². The molecule has 0 saturated carbocycles. The van der Waals surface area contributed by atoms with Crippen molar-refractivity contribution in [1.29, 1.82) is 0 Å². The number of phenolic OH excluding ortho intramolecular Hbond substituents is 3. The Morgan fingerprint density at radius 3 is 2.22 bits per heavy atom. The summed E-state index contributed by atoms with van der Waals surface area (Å²) in [6.45, 7) is 8.63. The summed E-state index contributed by atoms with van der Waals surface area (Å²) in [5.74, 6) is -1.12. The number of carbonyl (C=O) groups is 1. The van der Waals surface area contributed by atoms with Crippen molar-refractivity contribution in [3.63, 3.8) is 0 Å². The number of carbonyl (C=O) groups excluding carboxylic acids is 1. The molecule has 1 heterocycles. The quantitative estimate of drug-likeness (QED) is 0.190. The summed E-state index contributed by atoms with van der Waals surface area (Å²) in [7, 11) is 1.64. The van der Waals surface area contributed by atoms with Crippen molar-refractivity contribution in [3.05, 3.63) is 64.8 Å². The number of hydrogen-bond donors (Lipinski definition) is 4. The lowest BCUT2D eigenvalue weighted by Crippen LogP contribution is -2.30. The van der Waals surface area contributed by atoms with E-state index in [1.54, 1.807) is 19.2 Å². The van der Waals surface area contributed by atoms with Crippen LogP contribution < -0.4 is 15.5 Å². The highest BCUT2D eigenvalue weighted by molar-refractivity contribution is 6.16. The van der Waals surface area contributed by atoms with E-state index in [2.05, 4.69) is 32.9 Å². The second-order valence-electron chi connectivity index (χ2n) is 9.63. The molecule has 192 valence electrons. The molecular weight excluding hydrogens is 454 g/mol. The van der Waals surface area contributed by atoms with Crippen LogP contribution in [0.3, 0.4) is 0 Å². The molecule has 0 saturated heterocycles. The summed E-state index contributed by atoms with van der Waals surface area (Å²) >= 11 is 0. The summed E-state index contributed by atoms with van der Waals surface area (Å²) in [4.78, 5) is 16.6. The molecule has 36 heavy (non-hydrogen) atoms. The first-order valence-corrected chi connectivity index (χ1v) is 12.2. The number of phenols is 3. The number of allylic oxidation sites excluding steroid dienone is 5. The van der Waals surface area contributed by atoms with E-state index in [0.717, 1.165) is 31.3 Å². The van der Waals surface area contributed by atoms with Crippen LogP contribution in [0.4, 0.5) is 22.7 Å². The summed E-state index contributed by atoms with van der Waals surface area (Å²) in [5, 5.41) is 31.7. The first-order valence-electron chi connectivity index (χ1n) is 12.2. The van der Waals surface area contributed by atoms with Gasteiger partial charge in [-0.3, -0.25) is 4.79 Å². The number of anilines is 4. The molecule has 1 aliphatic rings. The van der Waals surface area contributed by atoms with Gasteiger partial charge in [-0.15, -0.1) is 0 Å². The van der Waals surface area contributed by atoms with Gasteiger partial charge < -0.3 is 30.9 Å². The molecule has 0 aromatic heterocycles. The van der Waals surface area contributed by atoms with E-state index < -0.39 is 0 Å². The van der Waals surface area contributed by atoms with Crippen molar-refractivity contribution in [2.75, 3.05) is 29.1 Å². The number of para-hydroxylation sites is 1. The van der Waals surface area contributed by atoms with Gasteiger partial charge in [0.25, 0.3) is 5.91 Å². The summed E-state index contributed by atoms with van der Waals surface area (Å²) in [5.41, 5.74) is 10.6. The van der Waals surface area contributed by atoms with Crippen LogP contribution in [0, 0.1) is 0 Å². The lowest BCUT2D eigenvalue weighted by molar-refractivity contribution is 0.0990. The minimum atomic E-state index is -0.353. The molecule has 0 radical (unpaired) electrons. The zero-order valence-corrected chi connectivity index (χ0v) is 21.8. The van der Waals surface area contributed by atoms with E-state index in [1.165, 1.54) is 33.1 Å². The van der Waals surface area contributed by atoms with Gasteiger partial charge in [0.1, 0.15) is 22.9 Å². The van der Waals surface area contributed by atoms with Crippen LogP contribution >= 0.6 is 0 Å². The van der Waals surface area contributed by atoms with Crippen molar-refractivity contribution in [1.82, 2.24) is 0 Å². The first kappa shape index (κ1) is 26.7. The summed E-state index contributed by atoms with van der Waals surface area (Å²) < 4.78 is 0. The van der Waals surface area contributed by atoms with E-state index in [9.17, 15) is 20.1 Å². The van der Waals surface area contributed by atoms with Crippen molar-refractivity contribution in [2.24, 2.45) is 0 Å². The van der Waals surface area contributed by atoms with Crippen molar-refractivity contribution in [3.8, 4) is 17.2 Å². The van der Waals surface area contributed by atoms with Crippen LogP contribution in [-0.2, 0) is 0 Å². The molecule has 3 rings (SSSR count). The molecule has 0 atom stereocenters. The fourth-order valence-electron chi connectivity index (χ4n) is 4.37. The number of fused-ring (bicyclic) bond motifs is 2. The normalized spacial score (nSPS) is 13.9. The molecule has 7 heteroatoms. The van der Waals surface area contributed by atoms with Crippen LogP contribution in [0.1, 0.15) is 63.7 Å². The third kappa shape index (κ3) is 5.67. The van der Waals surface area contributed by atoms with Crippen LogP contribution in [0.2, 0.25) is 0 Å². The van der Waals surface area contributed by atoms with Crippen molar-refractivity contribution in [2.45, 2.75) is 53.4 Å². The average molecular weight is 492 g/mol. The number of aromatic hydroxyl groups is 3. The predicted molar refractivity (Wildman–Crippen MR) is 147 cm³/mol. The SMILES string of the molecule is CC(C)=CCC/C(C)=C/CC/C(C)=C/CN1C(=O)c2cccc(O)c2N(C)c2c1cc(O)c(N)c2O. The van der Waals surface area contributed by atoms with E-state index >= 15 is 0 Å². The number of benzene rings is 2. The van der Waals surface area contributed by atoms with Gasteiger partial charge in [0.2, 0.25) is 0 Å². The number of nitrogens with two attached hydrogens (primary N) is 1. The molecule has 2 aromatic rings. The highest BCUT2D eigenvalue weighted by atomic mass is 16.3. The lowest BCUT2D eigenvalue weighted by atomic mass is 10.1. The molecular formula is C29H37N3O4. The number of hydrogen-bond acceptors (Lipinski definition) is 6. The molecule has 1 amide bonds. The van der Waals surface area contributed by atoms with Crippen molar-refractivity contribution >= 4 is 28.7 Å². The molecule has 5 N–H and O–H groups in total. The van der Waals surface area contributed by atoms with Gasteiger partial charge in [0, 0.05) is 19.7 Å². The molecule has 0 spiro atoms. The summed E-state index contributed by atoms with van der Waals surface area (Å²) in [6, 6.07) is 6.10. The average Bonchev–Trinajstić information content (AvgIpc) is 2.89. The maximum Gasteiger partial charge on any atom is 0.260 e. The largest absolute Gasteiger partial charge is 0.506 e. The fraction of sp³-hybridized carbons (Fsp3) is 0.345. The Bertz CT molecular complexity index is 1240. The molecule has 7 nitrogen and oxygen atoms in total. The zero-order chi connectivity index (χ0) is 26.6. The van der Waals surface area contributed by atoms with Gasteiger partial charge in [-0.2, -0.15) is 0 Å². The predicted octanol–water partition coefficient (Wildman–Crippen LogP) is 6.53. The molecule has 0 fully saturated rings. The summed E-state index contributed by atoms with van der Waals surface area (Å²) in [6.07, 6.45) is 10.3. The van der Waals surface area contributed by atoms with E-state index in [-0.39, 0.29) is 52.3 Å². The van der Waals surface area contributed by atoms with Crippen LogP contribution in [0.25, 0.3) is 0 Å². The standard InChI is InChI=1S/C29H37N3O4/c1-18(2)9-6-10-19(3)11-7-12-20(4)15-16-32-22-17-24(34)25(30)28(35)27(22)31(5)26-21(29(32)36)13-8-14-23(26)33/h8-9,11,13-15,17,33-35H,6-7,10,12,16,30H2,1-5H3/b19-11+,20-15+. The fourth-order valence-corrected chi connectivity index (χ4v) is 4.37. The van der Waals surface area contributed by atoms with E-state index in [0.29, 0.717) is 5.69 Å². The smallest absolute Gasteiger partial charge is 0.260 e. The van der Waals surface area contributed by atoms with Gasteiger partial charge in [0.15, 0.2) is 5.75 Å². The second kappa shape index (κ2) is 11.2. The highest BCUT2D eigenvalue weighted by Gasteiger charge is 2.34. The molecule has 2 aromatic carbocycles. The second-order valence-corrected chi connectivity index (χ2v) is 9.63. The lowest BCUT2D eigenvalue weighted by Gasteiger charge is -2.26. The monoisotopic (exact) mass is 491 g/mol. The molecule has 0 unspecified atom stereocenters. The zero-order valence-electron chi connectivity index (χ0n) is 21.8. The maximum absolute atomic E-state index is 13.6. The van der Waals surface area contributed by atoms with Gasteiger partial charge in [-0.05, 0) is 65.5 Å². The number of nitrogen functional groups attached to an aromatic ring is 1. The van der Waals surface area contributed by atoms with Crippen LogP contribution in [-0.4, -0.2) is 34.8 Å². The van der Waals surface area contributed by atoms with Gasteiger partial charge in [-0.1, -0.05) is 41.0 Å². The van der Waals surface area contributed by atoms with Gasteiger partial charge in [-0.25, -0.2) is 0 Å². The Morgan fingerprint density at radius 2 is 1.56 bits per heavy atom. The van der Waals surface area contributed by atoms with Crippen LogP contribution in [0.15, 0.2) is 59.2 Å². The maximum atomic E-state index is 13.6. The van der Waals surface area contributed by atoms with Gasteiger partial charge >= 0.3 is 0 Å². The first-order chi connectivity index (χ1) is 17.0. The van der Waals surface area contributed by atoms with E-state index in [1.807, 2.05) is 13.0 Å². The number of nitrogens with zero attached hydrogens (tertiary/aromatic N) is 2. The Morgan fingerprint density at radius 1 is 0.917 bits per heavy atom. The highest BCUT2D eigenvalue weighted by Crippen LogP contribution is 2.52. The minimum Gasteiger partial charge on any atom is -0.506 e. The van der Waals surface area contributed by atoms with Crippen LogP contribution in [0.5, 0.6) is 17.2 Å². The Balaban J connectivity index is 1.89. The Hall–Kier alpha value is -3.87. The molecule has 0 aliphatic carbocycles. The topological polar surface area (TPSA) is 110 Å². The van der Waals surface area contributed by atoms with Crippen molar-refractivity contribution < 1.29 is 20.1 Å². The number of amides is 1. The number of rotatable bonds is 8. The Labute approximate surface area is 213 Å². The van der Waals surface area contributed by atoms with Gasteiger partial charge in [0.05, 0.1) is 16.9 Å². The minimum absolute atomic E-state index is 0.0966.